The van der Waals surface area contributed by atoms with E-state index in [4.69, 9.17) is 10.1 Å². The van der Waals surface area contributed by atoms with Gasteiger partial charge >= 0.3 is 0 Å². The van der Waals surface area contributed by atoms with E-state index in [1.807, 2.05) is 0 Å². The van der Waals surface area contributed by atoms with Gasteiger partial charge in [0.25, 0.3) is 0 Å². The number of hydrogen-bond donors (Lipinski definition) is 5. The minimum absolute atomic E-state index is 0.0531. The lowest BCUT2D eigenvalue weighted by Gasteiger charge is -2.60. The summed E-state index contributed by atoms with van der Waals surface area (Å²) in [6, 6.07) is 10.1. The van der Waals surface area contributed by atoms with Gasteiger partial charge in [-0.15, -0.1) is 0 Å². The molecule has 1 saturated carbocycles. The highest BCUT2D eigenvalue weighted by atomic mass is 16.7. The van der Waals surface area contributed by atoms with E-state index in [9.17, 15) is 30.3 Å². The van der Waals surface area contributed by atoms with Crippen LogP contribution < -0.4 is 0 Å². The molecule has 1 aromatic carbocycles. The van der Waals surface area contributed by atoms with Crippen molar-refractivity contribution in [2.24, 2.45) is 0 Å². The minimum atomic E-state index is -2.77. The third-order valence-corrected chi connectivity index (χ3v) is 4.95. The van der Waals surface area contributed by atoms with Crippen LogP contribution in [0.25, 0.3) is 0 Å². The van der Waals surface area contributed by atoms with Gasteiger partial charge in [0.05, 0.1) is 6.42 Å². The highest BCUT2D eigenvalue weighted by Crippen LogP contribution is 2.47. The van der Waals surface area contributed by atoms with E-state index in [1.165, 1.54) is 6.07 Å². The smallest absolute Gasteiger partial charge is 0.249 e. The van der Waals surface area contributed by atoms with E-state index in [0.29, 0.717) is 10.6 Å². The van der Waals surface area contributed by atoms with Crippen molar-refractivity contribution in [2.45, 2.75) is 48.6 Å². The number of benzene rings is 1. The number of rotatable bonds is 3. The number of amides is 1. The summed E-state index contributed by atoms with van der Waals surface area (Å²) in [7, 11) is 0. The molecule has 134 valence electrons. The Hall–Kier alpha value is -2.06. The van der Waals surface area contributed by atoms with Crippen LogP contribution in [0.4, 0.5) is 0 Å². The van der Waals surface area contributed by atoms with Crippen LogP contribution in [0.2, 0.25) is 0 Å². The van der Waals surface area contributed by atoms with Crippen LogP contribution in [-0.2, 0) is 16.2 Å². The summed E-state index contributed by atoms with van der Waals surface area (Å²) in [5.74, 6) is -0.573. The van der Waals surface area contributed by atoms with Gasteiger partial charge in [-0.05, 0) is 5.56 Å². The van der Waals surface area contributed by atoms with Gasteiger partial charge < -0.3 is 25.5 Å². The molecule has 2 aliphatic rings. The average molecular weight is 350 g/mol. The zero-order valence-electron chi connectivity index (χ0n) is 13.1. The van der Waals surface area contributed by atoms with Crippen molar-refractivity contribution in [1.29, 1.82) is 5.26 Å². The zero-order chi connectivity index (χ0) is 18.4. The summed E-state index contributed by atoms with van der Waals surface area (Å²) in [4.78, 5) is 17.3. The summed E-state index contributed by atoms with van der Waals surface area (Å²) < 4.78 is 0. The summed E-state index contributed by atoms with van der Waals surface area (Å²) in [6.07, 6.45) is -8.42. The molecule has 1 aliphatic carbocycles. The van der Waals surface area contributed by atoms with Crippen molar-refractivity contribution >= 4 is 5.91 Å². The van der Waals surface area contributed by atoms with Gasteiger partial charge in [-0.3, -0.25) is 9.63 Å². The van der Waals surface area contributed by atoms with Crippen molar-refractivity contribution < 1.29 is 35.2 Å². The maximum atomic E-state index is 11.9. The van der Waals surface area contributed by atoms with Crippen LogP contribution in [0.5, 0.6) is 0 Å². The molecular formula is C16H18N2O7. The second kappa shape index (κ2) is 6.03. The predicted octanol–water partition coefficient (Wildman–Crippen LogP) is -2.20. The second-order valence-corrected chi connectivity index (χ2v) is 6.33. The van der Waals surface area contributed by atoms with E-state index in [2.05, 4.69) is 0 Å². The molecule has 0 bridgehead atoms. The number of nitrogens with zero attached hydrogens (tertiary/aromatic N) is 2. The highest BCUT2D eigenvalue weighted by molar-refractivity contribution is 5.85. The number of carbonyl (C=O) groups is 1. The van der Waals surface area contributed by atoms with Gasteiger partial charge in [0.1, 0.15) is 42.6 Å². The molecule has 1 saturated heterocycles. The summed E-state index contributed by atoms with van der Waals surface area (Å²) in [5, 5.41) is 60.7. The molecule has 1 amide bonds. The van der Waals surface area contributed by atoms with E-state index in [0.717, 1.165) is 0 Å². The molecule has 25 heavy (non-hydrogen) atoms. The Balaban J connectivity index is 1.87. The lowest BCUT2D eigenvalue weighted by Crippen LogP contribution is -2.85. The minimum Gasteiger partial charge on any atom is -0.388 e. The fraction of sp³-hybridized carbons (Fsp3) is 0.500. The molecule has 9 nitrogen and oxygen atoms in total. The molecule has 1 heterocycles. The molecule has 3 rings (SSSR count). The molecule has 1 aliphatic heterocycles. The van der Waals surface area contributed by atoms with Gasteiger partial charge in [-0.2, -0.15) is 5.26 Å². The third kappa shape index (κ3) is 2.35. The molecule has 1 spiro atoms. The lowest BCUT2D eigenvalue weighted by atomic mass is 9.62. The first-order valence-corrected chi connectivity index (χ1v) is 7.65. The van der Waals surface area contributed by atoms with Crippen LogP contribution in [0, 0.1) is 11.3 Å². The Morgan fingerprint density at radius 1 is 1.12 bits per heavy atom. The Labute approximate surface area is 142 Å². The third-order valence-electron chi connectivity index (χ3n) is 4.95. The van der Waals surface area contributed by atoms with Crippen molar-refractivity contribution in [2.75, 3.05) is 0 Å². The molecule has 0 radical (unpaired) electrons. The normalized spacial score (nSPS) is 40.6. The zero-order valence-corrected chi connectivity index (χ0v) is 13.1. The van der Waals surface area contributed by atoms with Crippen molar-refractivity contribution in [3.63, 3.8) is 0 Å². The summed E-state index contributed by atoms with van der Waals surface area (Å²) in [6.45, 7) is -0.0531. The maximum absolute atomic E-state index is 11.9. The number of aliphatic hydroxyl groups is 5. The molecule has 4 atom stereocenters. The highest BCUT2D eigenvalue weighted by Gasteiger charge is 2.73. The van der Waals surface area contributed by atoms with Crippen LogP contribution >= 0.6 is 0 Å². The van der Waals surface area contributed by atoms with Gasteiger partial charge in [-0.1, -0.05) is 30.3 Å². The quantitative estimate of drug-likeness (QED) is 0.304. The van der Waals surface area contributed by atoms with Crippen LogP contribution in [0.15, 0.2) is 30.3 Å². The van der Waals surface area contributed by atoms with Gasteiger partial charge in [0.15, 0.2) is 0 Å². The van der Waals surface area contributed by atoms with E-state index in [1.54, 1.807) is 30.3 Å². The first kappa shape index (κ1) is 17.8. The Morgan fingerprint density at radius 3 is 2.16 bits per heavy atom. The molecule has 1 aromatic rings. The van der Waals surface area contributed by atoms with Crippen LogP contribution in [0.1, 0.15) is 12.0 Å². The molecule has 0 aromatic heterocycles. The largest absolute Gasteiger partial charge is 0.388 e. The maximum Gasteiger partial charge on any atom is 0.249 e. The Kier molecular flexibility index (Phi) is 4.28. The molecule has 2 fully saturated rings. The van der Waals surface area contributed by atoms with Crippen molar-refractivity contribution in [3.05, 3.63) is 35.9 Å². The van der Waals surface area contributed by atoms with E-state index in [-0.39, 0.29) is 6.61 Å². The standard InChI is InChI=1S/C16H18N2O7/c17-8-16(24)13(22)11(20)15(12(21)14(16)23)6-10(19)18(15)25-7-9-4-2-1-3-5-9/h1-5,11-14,20-24H,6-7H2/t11-,12-,13+,14+,15?,16?/m1/s1. The van der Waals surface area contributed by atoms with E-state index >= 15 is 0 Å². The fourth-order valence-electron chi connectivity index (χ4n) is 3.39. The van der Waals surface area contributed by atoms with Gasteiger partial charge in [0.2, 0.25) is 11.5 Å². The first-order chi connectivity index (χ1) is 11.8. The lowest BCUT2D eigenvalue weighted by molar-refractivity contribution is -0.348. The number of nitriles is 1. The Morgan fingerprint density at radius 2 is 1.68 bits per heavy atom. The average Bonchev–Trinajstić information content (AvgIpc) is 2.62. The number of carbonyl (C=O) groups excluding carboxylic acids is 1. The first-order valence-electron chi connectivity index (χ1n) is 7.65. The van der Waals surface area contributed by atoms with Crippen molar-refractivity contribution in [3.8, 4) is 6.07 Å². The summed E-state index contributed by atoms with van der Waals surface area (Å²) >= 11 is 0. The van der Waals surface area contributed by atoms with E-state index < -0.39 is 47.9 Å². The number of hydroxylamine groups is 2. The SMILES string of the molecule is N#CC1(O)[C@@H](O)[C@@H](O)C2(CC(=O)N2OCc2ccccc2)[C@H](O)[C@@H]1O. The molecule has 5 N–H and O–H groups in total. The molecule has 9 heteroatoms. The number of aliphatic hydroxyl groups excluding tert-OH is 4. The van der Waals surface area contributed by atoms with Gasteiger partial charge in [-0.25, -0.2) is 5.06 Å². The second-order valence-electron chi connectivity index (χ2n) is 6.33. The fourth-order valence-corrected chi connectivity index (χ4v) is 3.39. The van der Waals surface area contributed by atoms with Crippen LogP contribution in [-0.4, -0.2) is 72.1 Å². The van der Waals surface area contributed by atoms with Crippen molar-refractivity contribution in [1.82, 2.24) is 5.06 Å². The monoisotopic (exact) mass is 350 g/mol. The topological polar surface area (TPSA) is 154 Å². The Bertz CT molecular complexity index is 688. The molecular weight excluding hydrogens is 332 g/mol. The molecule has 0 unspecified atom stereocenters. The predicted molar refractivity (Wildman–Crippen MR) is 80.0 cm³/mol. The number of hydrogen-bond acceptors (Lipinski definition) is 8. The number of β-lactam (4-membered cyclic amide) rings is 1. The summed E-state index contributed by atoms with van der Waals surface area (Å²) in [5.41, 5.74) is -3.91. The van der Waals surface area contributed by atoms with Crippen LogP contribution in [0.3, 0.4) is 0 Å². The van der Waals surface area contributed by atoms with Gasteiger partial charge in [0, 0.05) is 0 Å².